The monoisotopic (exact) mass is 347 g/mol. The van der Waals surface area contributed by atoms with E-state index >= 15 is 0 Å². The van der Waals surface area contributed by atoms with E-state index in [1.807, 2.05) is 6.07 Å². The second kappa shape index (κ2) is 7.71. The van der Waals surface area contributed by atoms with E-state index in [2.05, 4.69) is 11.4 Å². The zero-order valence-electron chi connectivity index (χ0n) is 13.5. The predicted molar refractivity (Wildman–Crippen MR) is 87.5 cm³/mol. The average molecular weight is 347 g/mol. The van der Waals surface area contributed by atoms with Crippen molar-refractivity contribution in [1.82, 2.24) is 4.90 Å². The van der Waals surface area contributed by atoms with E-state index in [0.717, 1.165) is 12.6 Å². The molecule has 2 rings (SSSR count). The second-order valence-electron chi connectivity index (χ2n) is 5.53. The molecule has 25 heavy (non-hydrogen) atoms. The minimum absolute atomic E-state index is 0.141. The number of alkyl halides is 3. The average Bonchev–Trinajstić information content (AvgIpc) is 2.59. The van der Waals surface area contributed by atoms with E-state index in [1.54, 1.807) is 42.5 Å². The summed E-state index contributed by atoms with van der Waals surface area (Å²) in [6, 6.07) is 16.0. The first-order chi connectivity index (χ1) is 11.8. The number of carbonyl (C=O) groups is 1. The van der Waals surface area contributed by atoms with Gasteiger partial charge in [0, 0.05) is 25.8 Å². The maximum Gasteiger partial charge on any atom is 0.471 e. The number of nitriles is 1. The Balaban J connectivity index is 2.01. The van der Waals surface area contributed by atoms with Crippen LogP contribution in [0.5, 0.6) is 0 Å². The highest BCUT2D eigenvalue weighted by molar-refractivity contribution is 5.81. The first kappa shape index (κ1) is 18.3. The van der Waals surface area contributed by atoms with Crippen LogP contribution in [0.25, 0.3) is 0 Å². The van der Waals surface area contributed by atoms with Crippen LogP contribution in [0.3, 0.4) is 0 Å². The Labute approximate surface area is 143 Å². The number of amides is 1. The second-order valence-corrected chi connectivity index (χ2v) is 5.53. The van der Waals surface area contributed by atoms with Crippen molar-refractivity contribution in [2.45, 2.75) is 19.3 Å². The summed E-state index contributed by atoms with van der Waals surface area (Å²) in [4.78, 5) is 11.8. The molecule has 0 aliphatic heterocycles. The Bertz CT molecular complexity index is 797. The molecule has 0 fully saturated rings. The molecule has 0 saturated heterocycles. The number of halogens is 3. The maximum absolute atomic E-state index is 12.4. The van der Waals surface area contributed by atoms with Crippen molar-refractivity contribution in [3.63, 3.8) is 0 Å². The summed E-state index contributed by atoms with van der Waals surface area (Å²) in [6.45, 7) is 0.327. The highest BCUT2D eigenvalue weighted by Crippen LogP contribution is 2.20. The minimum atomic E-state index is -4.88. The van der Waals surface area contributed by atoms with Crippen LogP contribution >= 0.6 is 0 Å². The molecular formula is C18H16F3N3O. The van der Waals surface area contributed by atoms with Gasteiger partial charge in [0.05, 0.1) is 11.6 Å². The van der Waals surface area contributed by atoms with Gasteiger partial charge >= 0.3 is 12.1 Å². The summed E-state index contributed by atoms with van der Waals surface area (Å²) in [5, 5.41) is 12.0. The molecule has 0 aliphatic carbocycles. The Morgan fingerprint density at radius 3 is 2.52 bits per heavy atom. The zero-order valence-corrected chi connectivity index (χ0v) is 13.5. The number of nitrogens with zero attached hydrogens (tertiary/aromatic N) is 2. The third-order valence-corrected chi connectivity index (χ3v) is 3.49. The van der Waals surface area contributed by atoms with Crippen LogP contribution < -0.4 is 5.32 Å². The largest absolute Gasteiger partial charge is 0.471 e. The molecule has 0 aromatic heterocycles. The van der Waals surface area contributed by atoms with Crippen molar-refractivity contribution in [3.8, 4) is 6.07 Å². The molecule has 0 saturated carbocycles. The first-order valence-corrected chi connectivity index (χ1v) is 7.44. The summed E-state index contributed by atoms with van der Waals surface area (Å²) >= 11 is 0. The zero-order chi connectivity index (χ0) is 18.4. The molecule has 0 bridgehead atoms. The third kappa shape index (κ3) is 5.24. The summed E-state index contributed by atoms with van der Waals surface area (Å²) in [6.07, 6.45) is -4.88. The Morgan fingerprint density at radius 2 is 1.84 bits per heavy atom. The van der Waals surface area contributed by atoms with Gasteiger partial charge in [0.2, 0.25) is 0 Å². The molecule has 0 spiro atoms. The standard InChI is InChI=1S/C18H16F3N3O/c1-24(17(25)18(19,20)21)12-15-6-3-7-16(9-15)23-11-14-5-2-4-13(8-14)10-22/h2-9,23H,11-12H2,1H3. The number of nitrogens with one attached hydrogen (secondary N) is 1. The number of hydrogen-bond acceptors (Lipinski definition) is 3. The van der Waals surface area contributed by atoms with Crippen LogP contribution in [-0.4, -0.2) is 24.0 Å². The van der Waals surface area contributed by atoms with Crippen molar-refractivity contribution in [2.75, 3.05) is 12.4 Å². The Morgan fingerprint density at radius 1 is 1.16 bits per heavy atom. The van der Waals surface area contributed by atoms with Gasteiger partial charge in [-0.25, -0.2) is 0 Å². The molecule has 0 radical (unpaired) electrons. The lowest BCUT2D eigenvalue weighted by Crippen LogP contribution is -2.37. The van der Waals surface area contributed by atoms with Gasteiger partial charge in [-0.2, -0.15) is 18.4 Å². The lowest BCUT2D eigenvalue weighted by atomic mass is 10.1. The van der Waals surface area contributed by atoms with Crippen LogP contribution in [0.2, 0.25) is 0 Å². The van der Waals surface area contributed by atoms with E-state index in [-0.39, 0.29) is 6.54 Å². The molecule has 2 aromatic carbocycles. The number of anilines is 1. The van der Waals surface area contributed by atoms with Gasteiger partial charge in [-0.1, -0.05) is 24.3 Å². The van der Waals surface area contributed by atoms with Crippen molar-refractivity contribution < 1.29 is 18.0 Å². The van der Waals surface area contributed by atoms with Crippen LogP contribution in [-0.2, 0) is 17.9 Å². The van der Waals surface area contributed by atoms with Gasteiger partial charge in [-0.15, -0.1) is 0 Å². The van der Waals surface area contributed by atoms with Crippen LogP contribution in [0.1, 0.15) is 16.7 Å². The predicted octanol–water partition coefficient (Wildman–Crippen LogP) is 3.69. The number of hydrogen-bond donors (Lipinski definition) is 1. The van der Waals surface area contributed by atoms with Gasteiger partial charge < -0.3 is 10.2 Å². The van der Waals surface area contributed by atoms with Crippen LogP contribution in [0, 0.1) is 11.3 Å². The molecule has 7 heteroatoms. The molecule has 4 nitrogen and oxygen atoms in total. The van der Waals surface area contributed by atoms with Crippen molar-refractivity contribution >= 4 is 11.6 Å². The fraction of sp³-hybridized carbons (Fsp3) is 0.222. The first-order valence-electron chi connectivity index (χ1n) is 7.44. The summed E-state index contributed by atoms with van der Waals surface area (Å²) in [7, 11) is 1.11. The van der Waals surface area contributed by atoms with Crippen LogP contribution in [0.15, 0.2) is 48.5 Å². The molecule has 0 heterocycles. The summed E-state index contributed by atoms with van der Waals surface area (Å²) in [5.41, 5.74) is 2.76. The summed E-state index contributed by atoms with van der Waals surface area (Å²) < 4.78 is 37.3. The van der Waals surface area contributed by atoms with Gasteiger partial charge in [0.25, 0.3) is 0 Å². The van der Waals surface area contributed by atoms with Crippen molar-refractivity contribution in [2.24, 2.45) is 0 Å². The molecule has 1 amide bonds. The molecule has 2 aromatic rings. The minimum Gasteiger partial charge on any atom is -0.381 e. The van der Waals surface area contributed by atoms with Gasteiger partial charge in [0.15, 0.2) is 0 Å². The Hall–Kier alpha value is -3.01. The number of rotatable bonds is 5. The molecule has 130 valence electrons. The number of benzene rings is 2. The molecule has 0 aliphatic rings. The SMILES string of the molecule is CN(Cc1cccc(NCc2cccc(C#N)c2)c1)C(=O)C(F)(F)F. The van der Waals surface area contributed by atoms with E-state index in [1.165, 1.54) is 0 Å². The van der Waals surface area contributed by atoms with Crippen molar-refractivity contribution in [1.29, 1.82) is 5.26 Å². The lowest BCUT2D eigenvalue weighted by molar-refractivity contribution is -0.184. The summed E-state index contributed by atoms with van der Waals surface area (Å²) in [5.74, 6) is -1.88. The maximum atomic E-state index is 12.4. The topological polar surface area (TPSA) is 56.1 Å². The van der Waals surface area contributed by atoms with E-state index < -0.39 is 12.1 Å². The van der Waals surface area contributed by atoms with Gasteiger partial charge in [0.1, 0.15) is 0 Å². The molecular weight excluding hydrogens is 331 g/mol. The highest BCUT2D eigenvalue weighted by Gasteiger charge is 2.41. The fourth-order valence-electron chi connectivity index (χ4n) is 2.30. The van der Waals surface area contributed by atoms with Crippen molar-refractivity contribution in [3.05, 3.63) is 65.2 Å². The third-order valence-electron chi connectivity index (χ3n) is 3.49. The smallest absolute Gasteiger partial charge is 0.381 e. The van der Waals surface area contributed by atoms with E-state index in [9.17, 15) is 18.0 Å². The molecule has 0 atom stereocenters. The van der Waals surface area contributed by atoms with E-state index in [0.29, 0.717) is 28.3 Å². The Kier molecular flexibility index (Phi) is 5.65. The highest BCUT2D eigenvalue weighted by atomic mass is 19.4. The normalized spacial score (nSPS) is 10.8. The lowest BCUT2D eigenvalue weighted by Gasteiger charge is -2.19. The fourth-order valence-corrected chi connectivity index (χ4v) is 2.30. The number of carbonyl (C=O) groups excluding carboxylic acids is 1. The van der Waals surface area contributed by atoms with Crippen LogP contribution in [0.4, 0.5) is 18.9 Å². The molecule has 0 unspecified atom stereocenters. The quantitative estimate of drug-likeness (QED) is 0.897. The van der Waals surface area contributed by atoms with E-state index in [4.69, 9.17) is 5.26 Å². The molecule has 1 N–H and O–H groups in total. The van der Waals surface area contributed by atoms with Gasteiger partial charge in [-0.3, -0.25) is 4.79 Å². The van der Waals surface area contributed by atoms with Gasteiger partial charge in [-0.05, 0) is 35.4 Å².